The van der Waals surface area contributed by atoms with Crippen molar-refractivity contribution in [1.82, 2.24) is 19.6 Å². The maximum absolute atomic E-state index is 9.05. The molecule has 1 aliphatic heterocycles. The summed E-state index contributed by atoms with van der Waals surface area (Å²) in [6.07, 6.45) is 10.5. The van der Waals surface area contributed by atoms with Crippen LogP contribution >= 0.6 is 0 Å². The van der Waals surface area contributed by atoms with Gasteiger partial charge in [0.1, 0.15) is 12.3 Å². The zero-order valence-electron chi connectivity index (χ0n) is 15.3. The number of aromatic nitrogens is 4. The largest absolute Gasteiger partial charge is 0.475 e. The van der Waals surface area contributed by atoms with E-state index in [0.29, 0.717) is 11.6 Å². The number of hydrogen-bond donors (Lipinski definition) is 1. The van der Waals surface area contributed by atoms with E-state index in [9.17, 15) is 0 Å². The zero-order chi connectivity index (χ0) is 18.8. The van der Waals surface area contributed by atoms with Crippen LogP contribution in [0, 0.1) is 12.3 Å². The molecule has 140 valence electrons. The Balaban J connectivity index is 1.78. The topological polar surface area (TPSA) is 74.3 Å². The molecule has 1 unspecified atom stereocenters. The van der Waals surface area contributed by atoms with E-state index in [2.05, 4.69) is 16.1 Å². The van der Waals surface area contributed by atoms with Crippen molar-refractivity contribution in [1.29, 1.82) is 0 Å². The van der Waals surface area contributed by atoms with Crippen LogP contribution in [0.2, 0.25) is 0 Å². The van der Waals surface area contributed by atoms with Gasteiger partial charge < -0.3 is 14.6 Å². The van der Waals surface area contributed by atoms with Crippen molar-refractivity contribution in [3.8, 4) is 29.4 Å². The van der Waals surface area contributed by atoms with Crippen molar-refractivity contribution in [2.45, 2.75) is 25.5 Å². The fourth-order valence-electron chi connectivity index (χ4n) is 3.49. The standard InChI is InChI=1S/C20H22N4O3/c1-3-17-15-12-14(16-13-21-23(2)20(16)27-11-9-25)7-8-18(15)24(22-17)19-6-4-5-10-26-19/h1,7-8,12-13,19,25H,4-6,9-11H2,2H3. The van der Waals surface area contributed by atoms with E-state index < -0.39 is 0 Å². The van der Waals surface area contributed by atoms with Crippen molar-refractivity contribution in [2.24, 2.45) is 7.05 Å². The summed E-state index contributed by atoms with van der Waals surface area (Å²) in [6, 6.07) is 6.03. The molecule has 1 N–H and O–H groups in total. The number of nitrogens with zero attached hydrogens (tertiary/aromatic N) is 4. The predicted molar refractivity (Wildman–Crippen MR) is 101 cm³/mol. The fourth-order valence-corrected chi connectivity index (χ4v) is 3.49. The molecule has 1 saturated heterocycles. The van der Waals surface area contributed by atoms with Gasteiger partial charge in [-0.15, -0.1) is 6.42 Å². The summed E-state index contributed by atoms with van der Waals surface area (Å²) in [7, 11) is 1.81. The molecule has 1 aliphatic rings. The van der Waals surface area contributed by atoms with Crippen LogP contribution in [-0.2, 0) is 11.8 Å². The maximum Gasteiger partial charge on any atom is 0.219 e. The normalized spacial score (nSPS) is 17.1. The monoisotopic (exact) mass is 366 g/mol. The average Bonchev–Trinajstić information content (AvgIpc) is 3.26. The second kappa shape index (κ2) is 7.43. The van der Waals surface area contributed by atoms with Crippen LogP contribution in [0.25, 0.3) is 22.0 Å². The lowest BCUT2D eigenvalue weighted by molar-refractivity contribution is -0.0367. The van der Waals surface area contributed by atoms with E-state index in [0.717, 1.165) is 47.9 Å². The third kappa shape index (κ3) is 3.18. The van der Waals surface area contributed by atoms with Crippen molar-refractivity contribution < 1.29 is 14.6 Å². The summed E-state index contributed by atoms with van der Waals surface area (Å²) in [6.45, 7) is 0.900. The van der Waals surface area contributed by atoms with Crippen LogP contribution < -0.4 is 4.74 Å². The van der Waals surface area contributed by atoms with Crippen LogP contribution in [0.1, 0.15) is 31.2 Å². The first kappa shape index (κ1) is 17.6. The van der Waals surface area contributed by atoms with Crippen LogP contribution in [0.3, 0.4) is 0 Å². The van der Waals surface area contributed by atoms with Crippen LogP contribution in [0.4, 0.5) is 0 Å². The van der Waals surface area contributed by atoms with Gasteiger partial charge >= 0.3 is 0 Å². The Labute approximate surface area is 157 Å². The molecule has 7 nitrogen and oxygen atoms in total. The SMILES string of the molecule is C#Cc1nn(C2CCCCO2)c2ccc(-c3cnn(C)c3OCCO)cc12. The molecule has 2 aromatic heterocycles. The van der Waals surface area contributed by atoms with Gasteiger partial charge in [0.2, 0.25) is 5.88 Å². The number of aliphatic hydroxyl groups is 1. The molecule has 3 aromatic rings. The Kier molecular flexibility index (Phi) is 4.84. The van der Waals surface area contributed by atoms with E-state index in [1.165, 1.54) is 0 Å². The molecule has 27 heavy (non-hydrogen) atoms. The third-order valence-electron chi connectivity index (χ3n) is 4.80. The molecule has 4 rings (SSSR count). The molecule has 1 atom stereocenters. The van der Waals surface area contributed by atoms with Gasteiger partial charge in [-0.25, -0.2) is 9.36 Å². The van der Waals surface area contributed by atoms with Gasteiger partial charge in [-0.1, -0.05) is 6.07 Å². The molecule has 0 radical (unpaired) electrons. The zero-order valence-corrected chi connectivity index (χ0v) is 15.3. The van der Waals surface area contributed by atoms with Crippen LogP contribution in [0.5, 0.6) is 5.88 Å². The Morgan fingerprint density at radius 2 is 2.30 bits per heavy atom. The Hall–Kier alpha value is -2.82. The fraction of sp³-hybridized carbons (Fsp3) is 0.400. The predicted octanol–water partition coefficient (Wildman–Crippen LogP) is 2.49. The van der Waals surface area contributed by atoms with Gasteiger partial charge in [0.15, 0.2) is 6.23 Å². The van der Waals surface area contributed by atoms with Crippen LogP contribution in [0.15, 0.2) is 24.4 Å². The van der Waals surface area contributed by atoms with E-state index in [1.54, 1.807) is 17.9 Å². The van der Waals surface area contributed by atoms with E-state index in [4.69, 9.17) is 21.0 Å². The molecule has 0 bridgehead atoms. The minimum Gasteiger partial charge on any atom is -0.475 e. The lowest BCUT2D eigenvalue weighted by Gasteiger charge is -2.23. The van der Waals surface area contributed by atoms with E-state index in [1.807, 2.05) is 22.9 Å². The number of rotatable bonds is 5. The minimum absolute atomic E-state index is 0.0565. The molecular formula is C20H22N4O3. The van der Waals surface area contributed by atoms with Gasteiger partial charge in [-0.05, 0) is 42.9 Å². The first-order valence-electron chi connectivity index (χ1n) is 9.09. The Morgan fingerprint density at radius 1 is 1.41 bits per heavy atom. The number of benzene rings is 1. The van der Waals surface area contributed by atoms with Gasteiger partial charge in [-0.3, -0.25) is 0 Å². The quantitative estimate of drug-likeness (QED) is 0.702. The lowest BCUT2D eigenvalue weighted by Crippen LogP contribution is -2.19. The van der Waals surface area contributed by atoms with Gasteiger partial charge in [-0.2, -0.15) is 10.2 Å². The van der Waals surface area contributed by atoms with Gasteiger partial charge in [0.05, 0.1) is 23.9 Å². The molecule has 1 fully saturated rings. The summed E-state index contributed by atoms with van der Waals surface area (Å²) in [5.41, 5.74) is 3.34. The highest BCUT2D eigenvalue weighted by molar-refractivity contribution is 5.89. The van der Waals surface area contributed by atoms with Crippen molar-refractivity contribution in [3.05, 3.63) is 30.1 Å². The summed E-state index contributed by atoms with van der Waals surface area (Å²) in [5, 5.41) is 18.8. The van der Waals surface area contributed by atoms with Crippen LogP contribution in [-0.4, -0.2) is 44.5 Å². The molecule has 0 amide bonds. The maximum atomic E-state index is 9.05. The summed E-state index contributed by atoms with van der Waals surface area (Å²) in [4.78, 5) is 0. The highest BCUT2D eigenvalue weighted by Gasteiger charge is 2.21. The van der Waals surface area contributed by atoms with E-state index >= 15 is 0 Å². The van der Waals surface area contributed by atoms with Gasteiger partial charge in [0.25, 0.3) is 0 Å². The number of hydrogen-bond acceptors (Lipinski definition) is 5. The highest BCUT2D eigenvalue weighted by Crippen LogP contribution is 2.34. The number of ether oxygens (including phenoxy) is 2. The second-order valence-corrected chi connectivity index (χ2v) is 6.55. The second-order valence-electron chi connectivity index (χ2n) is 6.55. The number of aliphatic hydroxyl groups excluding tert-OH is 1. The van der Waals surface area contributed by atoms with E-state index in [-0.39, 0.29) is 19.4 Å². The first-order chi connectivity index (χ1) is 13.2. The number of fused-ring (bicyclic) bond motifs is 1. The molecule has 1 aromatic carbocycles. The minimum atomic E-state index is -0.0731. The van der Waals surface area contributed by atoms with Crippen molar-refractivity contribution >= 4 is 10.9 Å². The third-order valence-corrected chi connectivity index (χ3v) is 4.80. The summed E-state index contributed by atoms with van der Waals surface area (Å²) >= 11 is 0. The molecule has 3 heterocycles. The molecular weight excluding hydrogens is 344 g/mol. The molecule has 0 aliphatic carbocycles. The number of terminal acetylenes is 1. The smallest absolute Gasteiger partial charge is 0.219 e. The average molecular weight is 366 g/mol. The van der Waals surface area contributed by atoms with Gasteiger partial charge in [0, 0.05) is 19.0 Å². The number of aryl methyl sites for hydroxylation is 1. The molecule has 0 spiro atoms. The molecule has 7 heteroatoms. The molecule has 0 saturated carbocycles. The first-order valence-corrected chi connectivity index (χ1v) is 9.09. The summed E-state index contributed by atoms with van der Waals surface area (Å²) < 4.78 is 15.1. The Morgan fingerprint density at radius 3 is 3.04 bits per heavy atom. The van der Waals surface area contributed by atoms with Crippen molar-refractivity contribution in [2.75, 3.05) is 19.8 Å². The van der Waals surface area contributed by atoms with Crippen molar-refractivity contribution in [3.63, 3.8) is 0 Å². The highest BCUT2D eigenvalue weighted by atomic mass is 16.5. The lowest BCUT2D eigenvalue weighted by atomic mass is 10.1. The summed E-state index contributed by atoms with van der Waals surface area (Å²) in [5.74, 6) is 3.29. The Bertz CT molecular complexity index is 993.